The van der Waals surface area contributed by atoms with Crippen molar-refractivity contribution in [2.45, 2.75) is 32.8 Å². The van der Waals surface area contributed by atoms with Crippen molar-refractivity contribution in [3.05, 3.63) is 65.7 Å². The fourth-order valence-corrected chi connectivity index (χ4v) is 2.32. The highest BCUT2D eigenvalue weighted by Crippen LogP contribution is 2.15. The Labute approximate surface area is 142 Å². The van der Waals surface area contributed by atoms with Gasteiger partial charge in [-0.05, 0) is 49.6 Å². The van der Waals surface area contributed by atoms with Crippen LogP contribution < -0.4 is 10.1 Å². The van der Waals surface area contributed by atoms with Gasteiger partial charge in [0.15, 0.2) is 11.9 Å². The highest BCUT2D eigenvalue weighted by atomic mass is 16.5. The molecule has 0 fully saturated rings. The molecule has 2 rings (SSSR count). The number of hydrogen-bond donors (Lipinski definition) is 1. The van der Waals surface area contributed by atoms with Gasteiger partial charge < -0.3 is 10.1 Å². The normalized spacial score (nSPS) is 13.0. The van der Waals surface area contributed by atoms with Gasteiger partial charge in [0, 0.05) is 12.1 Å². The average Bonchev–Trinajstić information content (AvgIpc) is 2.60. The van der Waals surface area contributed by atoms with Crippen LogP contribution >= 0.6 is 0 Å². The second kappa shape index (κ2) is 8.29. The lowest BCUT2D eigenvalue weighted by molar-refractivity contribution is -0.127. The van der Waals surface area contributed by atoms with Gasteiger partial charge in [-0.2, -0.15) is 0 Å². The highest BCUT2D eigenvalue weighted by molar-refractivity contribution is 5.94. The molecule has 0 saturated heterocycles. The van der Waals surface area contributed by atoms with Crippen LogP contribution in [-0.4, -0.2) is 24.3 Å². The molecule has 1 N–H and O–H groups in total. The Bertz CT molecular complexity index is 680. The quantitative estimate of drug-likeness (QED) is 0.792. The van der Waals surface area contributed by atoms with E-state index in [2.05, 4.69) is 12.2 Å². The lowest BCUT2D eigenvalue weighted by atomic mass is 10.0. The average molecular weight is 325 g/mol. The molecule has 2 aromatic carbocycles. The van der Waals surface area contributed by atoms with Gasteiger partial charge in [-0.1, -0.05) is 37.3 Å². The van der Waals surface area contributed by atoms with Crippen LogP contribution in [0.1, 0.15) is 42.6 Å². The Balaban J connectivity index is 1.84. The first-order valence-corrected chi connectivity index (χ1v) is 8.07. The van der Waals surface area contributed by atoms with E-state index in [1.54, 1.807) is 31.2 Å². The summed E-state index contributed by atoms with van der Waals surface area (Å²) in [5, 5.41) is 2.91. The minimum Gasteiger partial charge on any atom is -0.481 e. The molecular weight excluding hydrogens is 302 g/mol. The second-order valence-electron chi connectivity index (χ2n) is 5.90. The molecule has 2 atom stereocenters. The van der Waals surface area contributed by atoms with Gasteiger partial charge in [0.25, 0.3) is 5.91 Å². The maximum atomic E-state index is 12.2. The van der Waals surface area contributed by atoms with Crippen molar-refractivity contribution < 1.29 is 14.3 Å². The molecule has 0 radical (unpaired) electrons. The highest BCUT2D eigenvalue weighted by Gasteiger charge is 2.16. The molecule has 1 amide bonds. The molecule has 126 valence electrons. The number of Topliss-reactive ketones (excluding diaryl/α,β-unsaturated/α-hetero) is 1. The van der Waals surface area contributed by atoms with Gasteiger partial charge in [0.05, 0.1) is 0 Å². The van der Waals surface area contributed by atoms with Crippen molar-refractivity contribution in [2.75, 3.05) is 6.54 Å². The van der Waals surface area contributed by atoms with Crippen molar-refractivity contribution in [3.63, 3.8) is 0 Å². The van der Waals surface area contributed by atoms with Crippen LogP contribution in [0, 0.1) is 0 Å². The van der Waals surface area contributed by atoms with E-state index in [9.17, 15) is 9.59 Å². The third-order valence-corrected chi connectivity index (χ3v) is 3.89. The molecule has 0 bridgehead atoms. The van der Waals surface area contributed by atoms with Crippen molar-refractivity contribution in [3.8, 4) is 5.75 Å². The molecule has 0 aliphatic heterocycles. The Morgan fingerprint density at radius 2 is 1.62 bits per heavy atom. The predicted molar refractivity (Wildman–Crippen MR) is 94.4 cm³/mol. The van der Waals surface area contributed by atoms with Crippen LogP contribution in [0.2, 0.25) is 0 Å². The number of amides is 1. The predicted octanol–water partition coefficient (Wildman–Crippen LogP) is 3.58. The zero-order valence-electron chi connectivity index (χ0n) is 14.3. The van der Waals surface area contributed by atoms with E-state index >= 15 is 0 Å². The summed E-state index contributed by atoms with van der Waals surface area (Å²) in [5.74, 6) is 0.645. The molecule has 0 aliphatic carbocycles. The second-order valence-corrected chi connectivity index (χ2v) is 5.90. The van der Waals surface area contributed by atoms with Crippen LogP contribution in [-0.2, 0) is 4.79 Å². The summed E-state index contributed by atoms with van der Waals surface area (Å²) in [5.41, 5.74) is 1.81. The topological polar surface area (TPSA) is 55.4 Å². The molecule has 4 nitrogen and oxygen atoms in total. The van der Waals surface area contributed by atoms with Gasteiger partial charge in [0.1, 0.15) is 5.75 Å². The van der Waals surface area contributed by atoms with Crippen molar-refractivity contribution in [1.82, 2.24) is 5.32 Å². The van der Waals surface area contributed by atoms with Crippen LogP contribution in [0.15, 0.2) is 54.6 Å². The fourth-order valence-electron chi connectivity index (χ4n) is 2.32. The molecule has 0 saturated carbocycles. The van der Waals surface area contributed by atoms with Crippen molar-refractivity contribution in [1.29, 1.82) is 0 Å². The van der Waals surface area contributed by atoms with Crippen LogP contribution in [0.3, 0.4) is 0 Å². The molecule has 0 unspecified atom stereocenters. The van der Waals surface area contributed by atoms with Crippen molar-refractivity contribution in [2.24, 2.45) is 0 Å². The number of rotatable bonds is 7. The first kappa shape index (κ1) is 17.7. The van der Waals surface area contributed by atoms with Gasteiger partial charge in [-0.15, -0.1) is 0 Å². The molecule has 0 spiro atoms. The van der Waals surface area contributed by atoms with E-state index in [0.29, 0.717) is 17.9 Å². The first-order valence-electron chi connectivity index (χ1n) is 8.07. The number of ether oxygens (including phenoxy) is 1. The Hall–Kier alpha value is -2.62. The summed E-state index contributed by atoms with van der Waals surface area (Å²) in [6, 6.07) is 16.8. The number of hydrogen-bond acceptors (Lipinski definition) is 3. The van der Waals surface area contributed by atoms with Gasteiger partial charge in [0.2, 0.25) is 0 Å². The van der Waals surface area contributed by atoms with Crippen LogP contribution in [0.4, 0.5) is 0 Å². The maximum absolute atomic E-state index is 12.2. The summed E-state index contributed by atoms with van der Waals surface area (Å²) < 4.78 is 5.63. The molecule has 0 heterocycles. The minimum absolute atomic E-state index is 0.00208. The first-order chi connectivity index (χ1) is 11.5. The maximum Gasteiger partial charge on any atom is 0.260 e. The van der Waals surface area contributed by atoms with E-state index in [-0.39, 0.29) is 17.6 Å². The fraction of sp³-hybridized carbons (Fsp3) is 0.300. The van der Waals surface area contributed by atoms with Crippen LogP contribution in [0.5, 0.6) is 5.75 Å². The van der Waals surface area contributed by atoms with Gasteiger partial charge >= 0.3 is 0 Å². The molecule has 0 aromatic heterocycles. The zero-order valence-corrected chi connectivity index (χ0v) is 14.3. The summed E-state index contributed by atoms with van der Waals surface area (Å²) in [7, 11) is 0. The largest absolute Gasteiger partial charge is 0.481 e. The van der Waals surface area contributed by atoms with E-state index in [4.69, 9.17) is 4.74 Å². The summed E-state index contributed by atoms with van der Waals surface area (Å²) >= 11 is 0. The molecule has 4 heteroatoms. The third-order valence-electron chi connectivity index (χ3n) is 3.89. The molecule has 0 aliphatic rings. The van der Waals surface area contributed by atoms with Gasteiger partial charge in [-0.3, -0.25) is 9.59 Å². The van der Waals surface area contributed by atoms with Crippen LogP contribution in [0.25, 0.3) is 0 Å². The molecule has 24 heavy (non-hydrogen) atoms. The SMILES string of the molecule is CC(=O)c1ccc(O[C@H](C)C(=O)NC[C@@H](C)c2ccccc2)cc1. The zero-order chi connectivity index (χ0) is 17.5. The minimum atomic E-state index is -0.601. The Morgan fingerprint density at radius 3 is 2.21 bits per heavy atom. The van der Waals surface area contributed by atoms with E-state index in [0.717, 1.165) is 0 Å². The van der Waals surface area contributed by atoms with E-state index in [1.165, 1.54) is 12.5 Å². The number of benzene rings is 2. The van der Waals surface area contributed by atoms with Gasteiger partial charge in [-0.25, -0.2) is 0 Å². The van der Waals surface area contributed by atoms with E-state index in [1.807, 2.05) is 30.3 Å². The number of ketones is 1. The van der Waals surface area contributed by atoms with E-state index < -0.39 is 6.10 Å². The molecule has 2 aromatic rings. The number of carbonyl (C=O) groups excluding carboxylic acids is 2. The lowest BCUT2D eigenvalue weighted by Gasteiger charge is -2.17. The summed E-state index contributed by atoms with van der Waals surface area (Å²) in [4.78, 5) is 23.4. The third kappa shape index (κ3) is 4.95. The Morgan fingerprint density at radius 1 is 1.00 bits per heavy atom. The lowest BCUT2D eigenvalue weighted by Crippen LogP contribution is -2.38. The number of nitrogens with one attached hydrogen (secondary N) is 1. The number of carbonyl (C=O) groups is 2. The Kier molecular flexibility index (Phi) is 6.13. The summed E-state index contributed by atoms with van der Waals surface area (Å²) in [6.07, 6.45) is -0.601. The standard InChI is InChI=1S/C20H23NO3/c1-14(17-7-5-4-6-8-17)13-21-20(23)16(3)24-19-11-9-18(10-12-19)15(2)22/h4-12,14,16H,13H2,1-3H3,(H,21,23)/t14-,16-/m1/s1. The summed E-state index contributed by atoms with van der Waals surface area (Å²) in [6.45, 7) is 5.85. The monoisotopic (exact) mass is 325 g/mol. The smallest absolute Gasteiger partial charge is 0.260 e. The molecular formula is C20H23NO3. The van der Waals surface area contributed by atoms with Crippen molar-refractivity contribution >= 4 is 11.7 Å².